The van der Waals surface area contributed by atoms with Gasteiger partial charge in [0.2, 0.25) is 5.91 Å². The minimum absolute atomic E-state index is 0.0341. The highest BCUT2D eigenvalue weighted by Crippen LogP contribution is 2.23. The maximum absolute atomic E-state index is 11.2. The van der Waals surface area contributed by atoms with Crippen molar-refractivity contribution in [2.75, 3.05) is 18.5 Å². The predicted octanol–water partition coefficient (Wildman–Crippen LogP) is 1.47. The molecular weight excluding hydrogens is 232 g/mol. The van der Waals surface area contributed by atoms with Crippen LogP contribution in [0.3, 0.4) is 0 Å². The van der Waals surface area contributed by atoms with Crippen molar-refractivity contribution >= 4 is 17.7 Å². The van der Waals surface area contributed by atoms with E-state index >= 15 is 0 Å². The zero-order valence-corrected chi connectivity index (χ0v) is 10.3. The van der Waals surface area contributed by atoms with Crippen molar-refractivity contribution in [2.45, 2.75) is 19.8 Å². The zero-order chi connectivity index (χ0) is 13.0. The average molecular weight is 248 g/mol. The highest BCUT2D eigenvalue weighted by atomic mass is 16.5. The van der Waals surface area contributed by atoms with Crippen molar-refractivity contribution in [3.63, 3.8) is 0 Å². The van der Waals surface area contributed by atoms with Crippen molar-refractivity contribution in [1.82, 2.24) is 5.32 Å². The van der Waals surface area contributed by atoms with E-state index < -0.39 is 6.09 Å². The SMILES string of the molecule is CCOC(=O)NCCc1ccc2c(c1)CC(=O)N2. The van der Waals surface area contributed by atoms with E-state index in [-0.39, 0.29) is 5.91 Å². The summed E-state index contributed by atoms with van der Waals surface area (Å²) in [5.41, 5.74) is 3.01. The summed E-state index contributed by atoms with van der Waals surface area (Å²) in [6, 6.07) is 5.86. The van der Waals surface area contributed by atoms with Gasteiger partial charge in [-0.25, -0.2) is 4.79 Å². The second kappa shape index (κ2) is 5.53. The van der Waals surface area contributed by atoms with Crippen LogP contribution in [-0.2, 0) is 22.4 Å². The van der Waals surface area contributed by atoms with Crippen molar-refractivity contribution < 1.29 is 14.3 Å². The smallest absolute Gasteiger partial charge is 0.407 e. The van der Waals surface area contributed by atoms with Gasteiger partial charge in [0.25, 0.3) is 0 Å². The van der Waals surface area contributed by atoms with E-state index in [1.165, 1.54) is 0 Å². The van der Waals surface area contributed by atoms with E-state index in [4.69, 9.17) is 4.74 Å². The van der Waals surface area contributed by atoms with Crippen molar-refractivity contribution in [1.29, 1.82) is 0 Å². The van der Waals surface area contributed by atoms with E-state index in [0.717, 1.165) is 23.2 Å². The Morgan fingerprint density at radius 1 is 1.50 bits per heavy atom. The molecule has 96 valence electrons. The summed E-state index contributed by atoms with van der Waals surface area (Å²) in [7, 11) is 0. The summed E-state index contributed by atoms with van der Waals surface area (Å²) >= 11 is 0. The molecule has 1 aliphatic rings. The number of alkyl carbamates (subject to hydrolysis) is 1. The minimum Gasteiger partial charge on any atom is -0.450 e. The van der Waals surface area contributed by atoms with Crippen LogP contribution in [-0.4, -0.2) is 25.2 Å². The molecule has 0 aromatic heterocycles. The van der Waals surface area contributed by atoms with E-state index in [1.54, 1.807) is 6.92 Å². The van der Waals surface area contributed by atoms with Gasteiger partial charge in [0.15, 0.2) is 0 Å². The highest BCUT2D eigenvalue weighted by molar-refractivity contribution is 5.99. The van der Waals surface area contributed by atoms with Gasteiger partial charge in [0, 0.05) is 12.2 Å². The molecule has 0 fully saturated rings. The number of carbonyl (C=O) groups excluding carboxylic acids is 2. The van der Waals surface area contributed by atoms with Gasteiger partial charge in [-0.3, -0.25) is 4.79 Å². The molecule has 0 unspecified atom stereocenters. The van der Waals surface area contributed by atoms with Crippen molar-refractivity contribution in [2.24, 2.45) is 0 Å². The molecule has 0 aliphatic carbocycles. The number of fused-ring (bicyclic) bond motifs is 1. The van der Waals surface area contributed by atoms with E-state index in [0.29, 0.717) is 19.6 Å². The maximum atomic E-state index is 11.2. The number of hydrogen-bond donors (Lipinski definition) is 2. The lowest BCUT2D eigenvalue weighted by Gasteiger charge is -2.06. The summed E-state index contributed by atoms with van der Waals surface area (Å²) in [6.45, 7) is 2.67. The molecule has 1 aromatic carbocycles. The lowest BCUT2D eigenvalue weighted by molar-refractivity contribution is -0.115. The number of amides is 2. The second-order valence-corrected chi connectivity index (χ2v) is 4.11. The molecule has 2 rings (SSSR count). The Labute approximate surface area is 106 Å². The molecule has 0 atom stereocenters. The van der Waals surface area contributed by atoms with Crippen LogP contribution in [0.2, 0.25) is 0 Å². The molecule has 0 spiro atoms. The lowest BCUT2D eigenvalue weighted by Crippen LogP contribution is -2.26. The summed E-state index contributed by atoms with van der Waals surface area (Å²) in [5, 5.41) is 5.45. The first-order valence-corrected chi connectivity index (χ1v) is 6.01. The average Bonchev–Trinajstić information content (AvgIpc) is 2.69. The molecule has 2 N–H and O–H groups in total. The molecule has 0 saturated carbocycles. The Balaban J connectivity index is 1.86. The highest BCUT2D eigenvalue weighted by Gasteiger charge is 2.17. The number of ether oxygens (including phenoxy) is 1. The predicted molar refractivity (Wildman–Crippen MR) is 67.5 cm³/mol. The van der Waals surface area contributed by atoms with Crippen molar-refractivity contribution in [3.05, 3.63) is 29.3 Å². The third-order valence-electron chi connectivity index (χ3n) is 2.75. The fraction of sp³-hybridized carbons (Fsp3) is 0.385. The summed E-state index contributed by atoms with van der Waals surface area (Å²) in [5.74, 6) is 0.0341. The van der Waals surface area contributed by atoms with Gasteiger partial charge in [0.1, 0.15) is 0 Å². The van der Waals surface area contributed by atoms with Gasteiger partial charge in [-0.05, 0) is 30.5 Å². The van der Waals surface area contributed by atoms with Gasteiger partial charge in [0.05, 0.1) is 13.0 Å². The third kappa shape index (κ3) is 3.00. The summed E-state index contributed by atoms with van der Waals surface area (Å²) in [6.07, 6.45) is 0.768. The van der Waals surface area contributed by atoms with Crippen LogP contribution in [0.5, 0.6) is 0 Å². The zero-order valence-electron chi connectivity index (χ0n) is 10.3. The maximum Gasteiger partial charge on any atom is 0.407 e. The quantitative estimate of drug-likeness (QED) is 0.847. The molecule has 2 amide bonds. The lowest BCUT2D eigenvalue weighted by atomic mass is 10.1. The van der Waals surface area contributed by atoms with Crippen LogP contribution in [0.4, 0.5) is 10.5 Å². The Kier molecular flexibility index (Phi) is 3.82. The van der Waals surface area contributed by atoms with Crippen LogP contribution in [0, 0.1) is 0 Å². The van der Waals surface area contributed by atoms with Gasteiger partial charge >= 0.3 is 6.09 Å². The third-order valence-corrected chi connectivity index (χ3v) is 2.75. The number of carbonyl (C=O) groups is 2. The van der Waals surface area contributed by atoms with Crippen LogP contribution < -0.4 is 10.6 Å². The largest absolute Gasteiger partial charge is 0.450 e. The fourth-order valence-corrected chi connectivity index (χ4v) is 1.93. The first-order valence-electron chi connectivity index (χ1n) is 6.01. The standard InChI is InChI=1S/C13H16N2O3/c1-2-18-13(17)14-6-5-9-3-4-11-10(7-9)8-12(16)15-11/h3-4,7H,2,5-6,8H2,1H3,(H,14,17)(H,15,16). The first-order chi connectivity index (χ1) is 8.69. The molecule has 5 heteroatoms. The molecule has 1 aromatic rings. The molecule has 5 nitrogen and oxygen atoms in total. The van der Waals surface area contributed by atoms with Crippen LogP contribution in [0.1, 0.15) is 18.1 Å². The van der Waals surface area contributed by atoms with Gasteiger partial charge < -0.3 is 15.4 Å². The van der Waals surface area contributed by atoms with Crippen molar-refractivity contribution in [3.8, 4) is 0 Å². The number of anilines is 1. The summed E-state index contributed by atoms with van der Waals surface area (Å²) < 4.78 is 4.76. The number of nitrogens with one attached hydrogen (secondary N) is 2. The normalized spacial score (nSPS) is 12.8. The molecule has 0 radical (unpaired) electrons. The minimum atomic E-state index is -0.393. The van der Waals surface area contributed by atoms with E-state index in [9.17, 15) is 9.59 Å². The van der Waals surface area contributed by atoms with Crippen LogP contribution >= 0.6 is 0 Å². The van der Waals surface area contributed by atoms with Gasteiger partial charge in [-0.2, -0.15) is 0 Å². The second-order valence-electron chi connectivity index (χ2n) is 4.11. The van der Waals surface area contributed by atoms with Crippen LogP contribution in [0.25, 0.3) is 0 Å². The van der Waals surface area contributed by atoms with Gasteiger partial charge in [-0.1, -0.05) is 12.1 Å². The molecular formula is C13H16N2O3. The fourth-order valence-electron chi connectivity index (χ4n) is 1.93. The molecule has 1 aliphatic heterocycles. The number of rotatable bonds is 4. The Morgan fingerprint density at radius 3 is 3.11 bits per heavy atom. The van der Waals surface area contributed by atoms with Crippen LogP contribution in [0.15, 0.2) is 18.2 Å². The number of hydrogen-bond acceptors (Lipinski definition) is 3. The molecule has 0 saturated heterocycles. The molecule has 0 bridgehead atoms. The Morgan fingerprint density at radius 2 is 2.33 bits per heavy atom. The van der Waals surface area contributed by atoms with E-state index in [2.05, 4.69) is 10.6 Å². The molecule has 1 heterocycles. The molecule has 18 heavy (non-hydrogen) atoms. The topological polar surface area (TPSA) is 67.4 Å². The van der Waals surface area contributed by atoms with Gasteiger partial charge in [-0.15, -0.1) is 0 Å². The monoisotopic (exact) mass is 248 g/mol. The number of benzene rings is 1. The summed E-state index contributed by atoms with van der Waals surface area (Å²) in [4.78, 5) is 22.3. The Hall–Kier alpha value is -2.04. The first kappa shape index (κ1) is 12.4. The van der Waals surface area contributed by atoms with E-state index in [1.807, 2.05) is 18.2 Å². The Bertz CT molecular complexity index is 471.